The van der Waals surface area contributed by atoms with Gasteiger partial charge >= 0.3 is 5.97 Å². The maximum atomic E-state index is 11.8. The van der Waals surface area contributed by atoms with Gasteiger partial charge in [-0.2, -0.15) is 0 Å². The second kappa shape index (κ2) is 4.44. The molecule has 90 valence electrons. The number of carboxylic acid groups (broad SMARTS) is 1. The number of aliphatic carboxylic acids is 1. The lowest BCUT2D eigenvalue weighted by atomic mass is 9.81. The number of nitrogens with one attached hydrogen (secondary N) is 1. The predicted molar refractivity (Wildman–Crippen MR) is 58.8 cm³/mol. The van der Waals surface area contributed by atoms with Gasteiger partial charge in [-0.1, -0.05) is 6.92 Å². The highest BCUT2D eigenvalue weighted by Gasteiger charge is 2.35. The normalized spacial score (nSPS) is 37.8. The number of carboxylic acids is 1. The van der Waals surface area contributed by atoms with E-state index in [1.54, 1.807) is 0 Å². The molecule has 4 nitrogen and oxygen atoms in total. The summed E-state index contributed by atoms with van der Waals surface area (Å²) in [6.07, 6.45) is 4.03. The number of rotatable bonds is 3. The van der Waals surface area contributed by atoms with Crippen LogP contribution in [-0.2, 0) is 9.59 Å². The lowest BCUT2D eigenvalue weighted by Crippen LogP contribution is -2.45. The minimum absolute atomic E-state index is 0.0700. The second-order valence-corrected chi connectivity index (χ2v) is 5.33. The van der Waals surface area contributed by atoms with Crippen molar-refractivity contribution in [3.05, 3.63) is 0 Å². The molecular formula is C12H19NO3. The predicted octanol–water partition coefficient (Wildman–Crippen LogP) is 1.40. The Morgan fingerprint density at radius 3 is 2.25 bits per heavy atom. The van der Waals surface area contributed by atoms with Crippen molar-refractivity contribution in [2.45, 2.75) is 45.1 Å². The summed E-state index contributed by atoms with van der Waals surface area (Å²) in [6.45, 7) is 2.18. The third kappa shape index (κ3) is 2.36. The van der Waals surface area contributed by atoms with Gasteiger partial charge in [0.1, 0.15) is 0 Å². The SMILES string of the molecule is CC1CC(NC(=O)[C@@H]2CC[C@H](C(=O)O)C2)C1. The van der Waals surface area contributed by atoms with Crippen LogP contribution in [0, 0.1) is 17.8 Å². The van der Waals surface area contributed by atoms with Gasteiger partial charge in [-0.25, -0.2) is 0 Å². The van der Waals surface area contributed by atoms with Crippen LogP contribution in [0.3, 0.4) is 0 Å². The van der Waals surface area contributed by atoms with E-state index >= 15 is 0 Å². The van der Waals surface area contributed by atoms with Crippen LogP contribution in [-0.4, -0.2) is 23.0 Å². The van der Waals surface area contributed by atoms with Crippen LogP contribution in [0.4, 0.5) is 0 Å². The van der Waals surface area contributed by atoms with Crippen molar-refractivity contribution in [2.24, 2.45) is 17.8 Å². The first-order valence-electron chi connectivity index (χ1n) is 6.09. The van der Waals surface area contributed by atoms with E-state index in [4.69, 9.17) is 5.11 Å². The fraction of sp³-hybridized carbons (Fsp3) is 0.833. The molecule has 4 heteroatoms. The molecule has 0 spiro atoms. The summed E-state index contributed by atoms with van der Waals surface area (Å²) in [4.78, 5) is 22.6. The molecule has 0 aromatic heterocycles. The lowest BCUT2D eigenvalue weighted by molar-refractivity contribution is -0.141. The number of amides is 1. The summed E-state index contributed by atoms with van der Waals surface area (Å²) in [5.41, 5.74) is 0. The topological polar surface area (TPSA) is 66.4 Å². The van der Waals surface area contributed by atoms with Gasteiger partial charge in [0.25, 0.3) is 0 Å². The average molecular weight is 225 g/mol. The van der Waals surface area contributed by atoms with Gasteiger partial charge in [0, 0.05) is 12.0 Å². The highest BCUT2D eigenvalue weighted by Crippen LogP contribution is 2.32. The molecule has 0 unspecified atom stereocenters. The van der Waals surface area contributed by atoms with Crippen LogP contribution in [0.1, 0.15) is 39.0 Å². The maximum Gasteiger partial charge on any atom is 0.306 e. The quantitative estimate of drug-likeness (QED) is 0.763. The average Bonchev–Trinajstić information content (AvgIpc) is 2.63. The summed E-state index contributed by atoms with van der Waals surface area (Å²) in [6, 6.07) is 0.339. The molecule has 2 aliphatic carbocycles. The van der Waals surface area contributed by atoms with Gasteiger partial charge < -0.3 is 10.4 Å². The van der Waals surface area contributed by atoms with E-state index in [0.29, 0.717) is 18.9 Å². The number of hydrogen-bond acceptors (Lipinski definition) is 2. The summed E-state index contributed by atoms with van der Waals surface area (Å²) < 4.78 is 0. The van der Waals surface area contributed by atoms with E-state index in [9.17, 15) is 9.59 Å². The molecule has 2 fully saturated rings. The monoisotopic (exact) mass is 225 g/mol. The molecule has 0 aromatic rings. The number of carbonyl (C=O) groups is 2. The molecule has 16 heavy (non-hydrogen) atoms. The van der Waals surface area contributed by atoms with Crippen molar-refractivity contribution in [2.75, 3.05) is 0 Å². The largest absolute Gasteiger partial charge is 0.481 e. The zero-order valence-electron chi connectivity index (χ0n) is 9.61. The van der Waals surface area contributed by atoms with E-state index in [1.165, 1.54) is 0 Å². The number of carbonyl (C=O) groups excluding carboxylic acids is 1. The number of hydrogen-bond donors (Lipinski definition) is 2. The molecule has 2 saturated carbocycles. The summed E-state index contributed by atoms with van der Waals surface area (Å²) in [5, 5.41) is 11.9. The van der Waals surface area contributed by atoms with Crippen molar-refractivity contribution in [3.63, 3.8) is 0 Å². The molecule has 0 aliphatic heterocycles. The second-order valence-electron chi connectivity index (χ2n) is 5.33. The fourth-order valence-corrected chi connectivity index (χ4v) is 2.78. The first kappa shape index (κ1) is 11.4. The molecule has 2 rings (SSSR count). The van der Waals surface area contributed by atoms with Crippen LogP contribution >= 0.6 is 0 Å². The molecule has 0 heterocycles. The van der Waals surface area contributed by atoms with E-state index in [0.717, 1.165) is 25.2 Å². The molecule has 0 aromatic carbocycles. The van der Waals surface area contributed by atoms with E-state index in [-0.39, 0.29) is 17.7 Å². The Kier molecular flexibility index (Phi) is 3.17. The molecule has 2 N–H and O–H groups in total. The molecule has 1 amide bonds. The fourth-order valence-electron chi connectivity index (χ4n) is 2.78. The van der Waals surface area contributed by atoms with Crippen molar-refractivity contribution < 1.29 is 14.7 Å². The lowest BCUT2D eigenvalue weighted by Gasteiger charge is -2.34. The van der Waals surface area contributed by atoms with Crippen molar-refractivity contribution >= 4 is 11.9 Å². The van der Waals surface area contributed by atoms with E-state index in [1.807, 2.05) is 0 Å². The molecular weight excluding hydrogens is 206 g/mol. The maximum absolute atomic E-state index is 11.8. The van der Waals surface area contributed by atoms with Crippen molar-refractivity contribution in [1.82, 2.24) is 5.32 Å². The first-order valence-corrected chi connectivity index (χ1v) is 6.09. The van der Waals surface area contributed by atoms with Crippen LogP contribution in [0.2, 0.25) is 0 Å². The van der Waals surface area contributed by atoms with Gasteiger partial charge in [-0.3, -0.25) is 9.59 Å². The first-order chi connectivity index (χ1) is 7.56. The minimum Gasteiger partial charge on any atom is -0.481 e. The van der Waals surface area contributed by atoms with Crippen molar-refractivity contribution in [1.29, 1.82) is 0 Å². The summed E-state index contributed by atoms with van der Waals surface area (Å²) >= 11 is 0. The standard InChI is InChI=1S/C12H19NO3/c1-7-4-10(5-7)13-11(14)8-2-3-9(6-8)12(15)16/h7-10H,2-6H2,1H3,(H,13,14)(H,15,16)/t7?,8-,9+,10?/m1/s1. The van der Waals surface area contributed by atoms with Crippen LogP contribution in [0.5, 0.6) is 0 Å². The zero-order valence-corrected chi connectivity index (χ0v) is 9.61. The molecule has 0 radical (unpaired) electrons. The van der Waals surface area contributed by atoms with Crippen LogP contribution < -0.4 is 5.32 Å². The molecule has 0 saturated heterocycles. The highest BCUT2D eigenvalue weighted by molar-refractivity contribution is 5.81. The highest BCUT2D eigenvalue weighted by atomic mass is 16.4. The van der Waals surface area contributed by atoms with Gasteiger partial charge in [0.05, 0.1) is 5.92 Å². The van der Waals surface area contributed by atoms with Gasteiger partial charge in [-0.05, 0) is 38.0 Å². The Bertz CT molecular complexity index is 297. The Morgan fingerprint density at radius 1 is 1.12 bits per heavy atom. The van der Waals surface area contributed by atoms with Gasteiger partial charge in [-0.15, -0.1) is 0 Å². The zero-order chi connectivity index (χ0) is 11.7. The third-order valence-corrected chi connectivity index (χ3v) is 3.87. The Labute approximate surface area is 95.4 Å². The van der Waals surface area contributed by atoms with Crippen LogP contribution in [0.15, 0.2) is 0 Å². The summed E-state index contributed by atoms with van der Waals surface area (Å²) in [7, 11) is 0. The Balaban J connectivity index is 1.76. The van der Waals surface area contributed by atoms with Gasteiger partial charge in [0.15, 0.2) is 0 Å². The third-order valence-electron chi connectivity index (χ3n) is 3.87. The van der Waals surface area contributed by atoms with E-state index < -0.39 is 5.97 Å². The Hall–Kier alpha value is -1.06. The van der Waals surface area contributed by atoms with Crippen LogP contribution in [0.25, 0.3) is 0 Å². The molecule has 0 bridgehead atoms. The Morgan fingerprint density at radius 2 is 1.75 bits per heavy atom. The van der Waals surface area contributed by atoms with E-state index in [2.05, 4.69) is 12.2 Å². The molecule has 2 atom stereocenters. The van der Waals surface area contributed by atoms with Gasteiger partial charge in [0.2, 0.25) is 5.91 Å². The smallest absolute Gasteiger partial charge is 0.306 e. The van der Waals surface area contributed by atoms with Crippen molar-refractivity contribution in [3.8, 4) is 0 Å². The molecule has 2 aliphatic rings. The summed E-state index contributed by atoms with van der Waals surface area (Å²) in [5.74, 6) is -0.345. The minimum atomic E-state index is -0.757.